The predicted molar refractivity (Wildman–Crippen MR) is 85.8 cm³/mol. The first-order valence-electron chi connectivity index (χ1n) is 7.33. The summed E-state index contributed by atoms with van der Waals surface area (Å²) in [6.07, 6.45) is 0.738. The fourth-order valence-corrected chi connectivity index (χ4v) is 3.33. The number of carbonyl (C=O) groups excluding carboxylic acids is 2. The number of rotatable bonds is 5. The Kier molecular flexibility index (Phi) is 5.95. The van der Waals surface area contributed by atoms with Crippen LogP contribution >= 0.6 is 11.8 Å². The Balaban J connectivity index is 1.84. The van der Waals surface area contributed by atoms with Gasteiger partial charge in [0.05, 0.1) is 17.4 Å². The van der Waals surface area contributed by atoms with Crippen molar-refractivity contribution in [2.45, 2.75) is 31.8 Å². The van der Waals surface area contributed by atoms with Crippen LogP contribution < -0.4 is 16.0 Å². The number of hydrogen-bond donors (Lipinski definition) is 3. The van der Waals surface area contributed by atoms with E-state index in [9.17, 15) is 18.4 Å². The second kappa shape index (κ2) is 7.74. The summed E-state index contributed by atoms with van der Waals surface area (Å²) in [6, 6.07) is 2.96. The molecule has 1 aliphatic heterocycles. The van der Waals surface area contributed by atoms with Crippen molar-refractivity contribution in [3.05, 3.63) is 29.8 Å². The van der Waals surface area contributed by atoms with Gasteiger partial charge in [-0.1, -0.05) is 6.92 Å². The third-order valence-corrected chi connectivity index (χ3v) is 4.67. The second-order valence-electron chi connectivity index (χ2n) is 5.34. The van der Waals surface area contributed by atoms with Crippen molar-refractivity contribution in [3.8, 4) is 0 Å². The maximum atomic E-state index is 13.5. The molecule has 0 bridgehead atoms. The Labute approximate surface area is 137 Å². The largest absolute Gasteiger partial charge is 0.331 e. The number of thioether (sulfide) groups is 1. The first-order chi connectivity index (χ1) is 10.9. The molecule has 2 rings (SSSR count). The quantitative estimate of drug-likeness (QED) is 0.765. The summed E-state index contributed by atoms with van der Waals surface area (Å²) in [5.41, 5.74) is -0.443. The van der Waals surface area contributed by atoms with Crippen LogP contribution in [0.5, 0.6) is 0 Å². The van der Waals surface area contributed by atoms with Gasteiger partial charge in [-0.25, -0.2) is 8.78 Å². The van der Waals surface area contributed by atoms with Crippen LogP contribution in [-0.4, -0.2) is 29.1 Å². The first kappa shape index (κ1) is 17.7. The summed E-state index contributed by atoms with van der Waals surface area (Å²) in [7, 11) is 0. The zero-order chi connectivity index (χ0) is 17.0. The predicted octanol–water partition coefficient (Wildman–Crippen LogP) is 2.05. The van der Waals surface area contributed by atoms with Crippen molar-refractivity contribution >= 4 is 29.3 Å². The van der Waals surface area contributed by atoms with Gasteiger partial charge in [0, 0.05) is 12.1 Å². The SMILES string of the molecule is CCC1C(=O)NC(SCC(=O)Nc2ccc(F)cc2F)NC1C. The summed E-state index contributed by atoms with van der Waals surface area (Å²) in [5.74, 6) is -2.06. The molecule has 3 atom stereocenters. The molecule has 0 spiro atoms. The van der Waals surface area contributed by atoms with Gasteiger partial charge >= 0.3 is 0 Å². The highest BCUT2D eigenvalue weighted by Crippen LogP contribution is 2.19. The highest BCUT2D eigenvalue weighted by atomic mass is 32.2. The molecule has 1 fully saturated rings. The van der Waals surface area contributed by atoms with E-state index in [1.54, 1.807) is 0 Å². The van der Waals surface area contributed by atoms with E-state index in [0.717, 1.165) is 12.5 Å². The summed E-state index contributed by atoms with van der Waals surface area (Å²) < 4.78 is 26.3. The molecular weight excluding hydrogens is 324 g/mol. The van der Waals surface area contributed by atoms with Crippen LogP contribution in [0.1, 0.15) is 20.3 Å². The smallest absolute Gasteiger partial charge is 0.234 e. The normalized spacial score (nSPS) is 24.2. The third kappa shape index (κ3) is 4.65. The summed E-state index contributed by atoms with van der Waals surface area (Å²) in [5, 5.41) is 8.39. The van der Waals surface area contributed by atoms with E-state index < -0.39 is 17.5 Å². The van der Waals surface area contributed by atoms with Gasteiger partial charge in [0.15, 0.2) is 0 Å². The molecule has 3 N–H and O–H groups in total. The maximum Gasteiger partial charge on any atom is 0.234 e. The minimum Gasteiger partial charge on any atom is -0.331 e. The van der Waals surface area contributed by atoms with Gasteiger partial charge < -0.3 is 10.6 Å². The van der Waals surface area contributed by atoms with Crippen molar-refractivity contribution in [2.24, 2.45) is 5.92 Å². The fourth-order valence-electron chi connectivity index (χ4n) is 2.42. The number of anilines is 1. The van der Waals surface area contributed by atoms with Gasteiger partial charge in [-0.2, -0.15) is 0 Å². The van der Waals surface area contributed by atoms with Crippen molar-refractivity contribution < 1.29 is 18.4 Å². The second-order valence-corrected chi connectivity index (χ2v) is 6.44. The maximum absolute atomic E-state index is 13.5. The zero-order valence-corrected chi connectivity index (χ0v) is 13.7. The van der Waals surface area contributed by atoms with Crippen LogP contribution in [0.3, 0.4) is 0 Å². The number of halogens is 2. The lowest BCUT2D eigenvalue weighted by Crippen LogP contribution is -2.59. The van der Waals surface area contributed by atoms with Crippen LogP contribution in [0.4, 0.5) is 14.5 Å². The fraction of sp³-hybridized carbons (Fsp3) is 0.467. The van der Waals surface area contributed by atoms with E-state index in [0.29, 0.717) is 6.07 Å². The lowest BCUT2D eigenvalue weighted by atomic mass is 9.96. The van der Waals surface area contributed by atoms with Crippen LogP contribution in [0.15, 0.2) is 18.2 Å². The standard InChI is InChI=1S/C15H19F2N3O2S/c1-3-10-8(2)18-15(20-14(10)22)23-7-13(21)19-12-5-4-9(16)6-11(12)17/h4-6,8,10,15,18H,3,7H2,1-2H3,(H,19,21)(H,20,22). The van der Waals surface area contributed by atoms with Gasteiger partial charge in [0.2, 0.25) is 11.8 Å². The zero-order valence-electron chi connectivity index (χ0n) is 12.9. The van der Waals surface area contributed by atoms with Crippen molar-refractivity contribution in [1.82, 2.24) is 10.6 Å². The van der Waals surface area contributed by atoms with E-state index >= 15 is 0 Å². The van der Waals surface area contributed by atoms with Crippen molar-refractivity contribution in [2.75, 3.05) is 11.1 Å². The summed E-state index contributed by atoms with van der Waals surface area (Å²) in [4.78, 5) is 23.8. The average molecular weight is 343 g/mol. The Hall–Kier alpha value is -1.67. The van der Waals surface area contributed by atoms with Gasteiger partial charge in [0.1, 0.15) is 17.1 Å². The number of amides is 2. The molecule has 5 nitrogen and oxygen atoms in total. The lowest BCUT2D eigenvalue weighted by molar-refractivity contribution is -0.128. The van der Waals surface area contributed by atoms with Crippen LogP contribution in [0, 0.1) is 17.6 Å². The number of nitrogens with one attached hydrogen (secondary N) is 3. The van der Waals surface area contributed by atoms with Gasteiger partial charge in [-0.3, -0.25) is 14.9 Å². The summed E-state index contributed by atoms with van der Waals surface area (Å²) in [6.45, 7) is 3.87. The molecule has 1 saturated heterocycles. The van der Waals surface area contributed by atoms with Crippen LogP contribution in [0.25, 0.3) is 0 Å². The minimum absolute atomic E-state index is 0.0175. The highest BCUT2D eigenvalue weighted by Gasteiger charge is 2.32. The van der Waals surface area contributed by atoms with E-state index in [-0.39, 0.29) is 34.8 Å². The average Bonchev–Trinajstić information content (AvgIpc) is 2.48. The Morgan fingerprint density at radius 2 is 2.13 bits per heavy atom. The van der Waals surface area contributed by atoms with Gasteiger partial charge in [-0.05, 0) is 25.5 Å². The van der Waals surface area contributed by atoms with E-state index in [2.05, 4.69) is 16.0 Å². The molecule has 2 amide bonds. The van der Waals surface area contributed by atoms with Crippen LogP contribution in [-0.2, 0) is 9.59 Å². The summed E-state index contributed by atoms with van der Waals surface area (Å²) >= 11 is 1.20. The molecule has 0 saturated carbocycles. The molecule has 1 aliphatic rings. The number of carbonyl (C=O) groups is 2. The monoisotopic (exact) mass is 343 g/mol. The van der Waals surface area contributed by atoms with E-state index in [1.165, 1.54) is 17.8 Å². The third-order valence-electron chi connectivity index (χ3n) is 3.65. The topological polar surface area (TPSA) is 70.2 Å². The molecule has 23 heavy (non-hydrogen) atoms. The van der Waals surface area contributed by atoms with Crippen LogP contribution in [0.2, 0.25) is 0 Å². The molecule has 1 aromatic rings. The molecule has 126 valence electrons. The Morgan fingerprint density at radius 3 is 2.74 bits per heavy atom. The number of hydrogen-bond acceptors (Lipinski definition) is 4. The highest BCUT2D eigenvalue weighted by molar-refractivity contribution is 8.00. The Bertz CT molecular complexity index is 600. The molecule has 1 aromatic carbocycles. The van der Waals surface area contributed by atoms with Crippen molar-refractivity contribution in [1.29, 1.82) is 0 Å². The van der Waals surface area contributed by atoms with Gasteiger partial charge in [0.25, 0.3) is 0 Å². The molecule has 0 aliphatic carbocycles. The minimum atomic E-state index is -0.827. The number of benzene rings is 1. The molecule has 0 aromatic heterocycles. The lowest BCUT2D eigenvalue weighted by Gasteiger charge is -2.34. The molecule has 0 radical (unpaired) electrons. The first-order valence-corrected chi connectivity index (χ1v) is 8.38. The molecule has 3 unspecified atom stereocenters. The van der Waals surface area contributed by atoms with E-state index in [4.69, 9.17) is 0 Å². The van der Waals surface area contributed by atoms with Gasteiger partial charge in [-0.15, -0.1) is 11.8 Å². The molecular formula is C15H19F2N3O2S. The van der Waals surface area contributed by atoms with Crippen molar-refractivity contribution in [3.63, 3.8) is 0 Å². The molecule has 8 heteroatoms. The van der Waals surface area contributed by atoms with E-state index in [1.807, 2.05) is 13.8 Å². The Morgan fingerprint density at radius 1 is 1.39 bits per heavy atom. The molecule has 1 heterocycles.